The minimum absolute atomic E-state index is 0.162. The first-order valence-corrected chi connectivity index (χ1v) is 5.70. The summed E-state index contributed by atoms with van der Waals surface area (Å²) in [6, 6.07) is -0.162. The summed E-state index contributed by atoms with van der Waals surface area (Å²) in [6.07, 6.45) is 7.01. The Balaban J connectivity index is 2.62. The predicted octanol–water partition coefficient (Wildman–Crippen LogP) is -0.0354. The van der Waals surface area contributed by atoms with Crippen molar-refractivity contribution in [3.05, 3.63) is 31.4 Å². The molecule has 1 N–H and O–H groups in total. The van der Waals surface area contributed by atoms with E-state index in [-0.39, 0.29) is 18.2 Å². The topological polar surface area (TPSA) is 76.9 Å². The van der Waals surface area contributed by atoms with Crippen molar-refractivity contribution in [2.45, 2.75) is 12.5 Å². The first-order chi connectivity index (χ1) is 6.53. The molecule has 14 heavy (non-hydrogen) atoms. The standard InChI is InChI=1S/C8H12N2O3S/c1-2-8(3-6-14(11,12)13)10-5-4-9-7-10/h2,4-5,7-8H,1,3,6H2,(H,11,12,13). The van der Waals surface area contributed by atoms with Gasteiger partial charge in [0, 0.05) is 12.2 Å². The van der Waals surface area contributed by atoms with Crippen LogP contribution >= 0.6 is 0 Å². The smallest absolute Gasteiger partial charge is 0.242 e. The van der Waals surface area contributed by atoms with Crippen LogP contribution < -0.4 is 4.57 Å². The van der Waals surface area contributed by atoms with Crippen molar-refractivity contribution < 1.29 is 17.5 Å². The molecule has 0 saturated carbocycles. The van der Waals surface area contributed by atoms with E-state index in [2.05, 4.69) is 11.6 Å². The van der Waals surface area contributed by atoms with Gasteiger partial charge in [-0.2, -0.15) is 0 Å². The zero-order valence-electron chi connectivity index (χ0n) is 7.59. The Morgan fingerprint density at radius 2 is 2.36 bits per heavy atom. The summed E-state index contributed by atoms with van der Waals surface area (Å²) in [7, 11) is -4.14. The van der Waals surface area contributed by atoms with E-state index in [4.69, 9.17) is 0 Å². The van der Waals surface area contributed by atoms with Gasteiger partial charge in [-0.3, -0.25) is 4.98 Å². The summed E-state index contributed by atoms with van der Waals surface area (Å²) in [5.41, 5.74) is 0. The fraction of sp³-hybridized carbons (Fsp3) is 0.375. The number of aromatic nitrogens is 2. The Morgan fingerprint density at radius 3 is 2.79 bits per heavy atom. The molecule has 1 atom stereocenters. The number of H-pyrrole nitrogens is 1. The number of hydrogen-bond donors (Lipinski definition) is 1. The molecule has 0 aromatic carbocycles. The highest BCUT2D eigenvalue weighted by Crippen LogP contribution is 2.05. The van der Waals surface area contributed by atoms with Crippen LogP contribution in [0.5, 0.6) is 0 Å². The first kappa shape index (κ1) is 10.9. The monoisotopic (exact) mass is 216 g/mol. The van der Waals surface area contributed by atoms with E-state index in [0.29, 0.717) is 0 Å². The number of imidazole rings is 1. The van der Waals surface area contributed by atoms with Crippen molar-refractivity contribution in [3.63, 3.8) is 0 Å². The molecule has 6 heteroatoms. The normalized spacial score (nSPS) is 13.8. The fourth-order valence-electron chi connectivity index (χ4n) is 1.16. The summed E-state index contributed by atoms with van der Waals surface area (Å²) in [5, 5.41) is 0. The predicted molar refractivity (Wildman–Crippen MR) is 49.4 cm³/mol. The van der Waals surface area contributed by atoms with Crippen molar-refractivity contribution in [3.8, 4) is 0 Å². The van der Waals surface area contributed by atoms with Crippen LogP contribution in [-0.2, 0) is 10.1 Å². The highest BCUT2D eigenvalue weighted by molar-refractivity contribution is 7.85. The number of hydrogen-bond acceptors (Lipinski definition) is 3. The highest BCUT2D eigenvalue weighted by Gasteiger charge is 2.12. The lowest BCUT2D eigenvalue weighted by molar-refractivity contribution is -0.711. The van der Waals surface area contributed by atoms with Gasteiger partial charge in [0.15, 0.2) is 0 Å². The van der Waals surface area contributed by atoms with Gasteiger partial charge in [0.25, 0.3) is 0 Å². The molecule has 0 radical (unpaired) electrons. The second kappa shape index (κ2) is 4.39. The lowest BCUT2D eigenvalue weighted by Gasteiger charge is -2.10. The SMILES string of the molecule is C=CC(CCS(=O)(=O)[O-])[n+]1cc[nH]c1. The van der Waals surface area contributed by atoms with Gasteiger partial charge in [-0.15, -0.1) is 0 Å². The van der Waals surface area contributed by atoms with Crippen LogP contribution in [0.1, 0.15) is 12.5 Å². The fourth-order valence-corrected chi connectivity index (χ4v) is 1.69. The third-order valence-corrected chi connectivity index (χ3v) is 2.62. The molecule has 0 bridgehead atoms. The second-order valence-electron chi connectivity index (χ2n) is 2.91. The van der Waals surface area contributed by atoms with E-state index in [1.54, 1.807) is 29.4 Å². The maximum absolute atomic E-state index is 10.4. The number of nitrogens with one attached hydrogen (secondary N) is 1. The van der Waals surface area contributed by atoms with Gasteiger partial charge in [-0.1, -0.05) is 6.58 Å². The van der Waals surface area contributed by atoms with E-state index < -0.39 is 10.1 Å². The van der Waals surface area contributed by atoms with Crippen molar-refractivity contribution >= 4 is 10.1 Å². The van der Waals surface area contributed by atoms with Crippen molar-refractivity contribution in [1.82, 2.24) is 4.98 Å². The molecular weight excluding hydrogens is 204 g/mol. The van der Waals surface area contributed by atoms with Crippen LogP contribution in [-0.4, -0.2) is 23.7 Å². The minimum atomic E-state index is -4.14. The van der Waals surface area contributed by atoms with Crippen LogP contribution in [0.15, 0.2) is 31.4 Å². The number of aromatic amines is 1. The quantitative estimate of drug-likeness (QED) is 0.426. The van der Waals surface area contributed by atoms with E-state index >= 15 is 0 Å². The third kappa shape index (κ3) is 3.31. The van der Waals surface area contributed by atoms with Gasteiger partial charge in [-0.05, 0) is 6.08 Å². The van der Waals surface area contributed by atoms with Gasteiger partial charge in [-0.25, -0.2) is 13.0 Å². The van der Waals surface area contributed by atoms with Crippen LogP contribution in [0.2, 0.25) is 0 Å². The minimum Gasteiger partial charge on any atom is -0.748 e. The third-order valence-electron chi connectivity index (χ3n) is 1.89. The van der Waals surface area contributed by atoms with E-state index in [1.165, 1.54) is 0 Å². The lowest BCUT2D eigenvalue weighted by atomic mass is 10.2. The Hall–Kier alpha value is -1.14. The number of allylic oxidation sites excluding steroid dienone is 1. The Labute approximate surface area is 82.8 Å². The molecule has 0 aliphatic carbocycles. The summed E-state index contributed by atoms with van der Waals surface area (Å²) in [5.74, 6) is -0.373. The molecule has 5 nitrogen and oxygen atoms in total. The summed E-state index contributed by atoms with van der Waals surface area (Å²) < 4.78 is 33.0. The van der Waals surface area contributed by atoms with Gasteiger partial charge >= 0.3 is 0 Å². The van der Waals surface area contributed by atoms with Gasteiger partial charge in [0.2, 0.25) is 6.33 Å². The van der Waals surface area contributed by atoms with Crippen molar-refractivity contribution in [2.75, 3.05) is 5.75 Å². The molecule has 1 heterocycles. The molecular formula is C8H12N2O3S. The Morgan fingerprint density at radius 1 is 1.64 bits per heavy atom. The van der Waals surface area contributed by atoms with Crippen LogP contribution in [0.25, 0.3) is 0 Å². The summed E-state index contributed by atoms with van der Waals surface area (Å²) >= 11 is 0. The molecule has 1 aromatic rings. The van der Waals surface area contributed by atoms with Crippen LogP contribution in [0.3, 0.4) is 0 Å². The van der Waals surface area contributed by atoms with Crippen LogP contribution in [0.4, 0.5) is 0 Å². The molecule has 1 rings (SSSR count). The second-order valence-corrected chi connectivity index (χ2v) is 4.44. The zero-order valence-corrected chi connectivity index (χ0v) is 8.40. The largest absolute Gasteiger partial charge is 0.748 e. The molecule has 0 aliphatic heterocycles. The van der Waals surface area contributed by atoms with E-state index in [0.717, 1.165) is 0 Å². The number of nitrogens with zero attached hydrogens (tertiary/aromatic N) is 1. The molecule has 0 aliphatic rings. The molecule has 0 saturated heterocycles. The average molecular weight is 216 g/mol. The lowest BCUT2D eigenvalue weighted by Crippen LogP contribution is -2.36. The zero-order chi connectivity index (χ0) is 10.6. The number of rotatable bonds is 5. The molecule has 0 spiro atoms. The Bertz CT molecular complexity index is 383. The first-order valence-electron chi connectivity index (χ1n) is 4.12. The van der Waals surface area contributed by atoms with E-state index in [9.17, 15) is 13.0 Å². The van der Waals surface area contributed by atoms with Gasteiger partial charge in [0.05, 0.1) is 10.1 Å². The maximum Gasteiger partial charge on any atom is 0.242 e. The van der Waals surface area contributed by atoms with Crippen molar-refractivity contribution in [2.24, 2.45) is 0 Å². The molecule has 0 amide bonds. The Kier molecular flexibility index (Phi) is 3.43. The molecule has 0 fully saturated rings. The van der Waals surface area contributed by atoms with Crippen molar-refractivity contribution in [1.29, 1.82) is 0 Å². The van der Waals surface area contributed by atoms with Gasteiger partial charge in [0.1, 0.15) is 18.4 Å². The van der Waals surface area contributed by atoms with E-state index in [1.807, 2.05) is 0 Å². The van der Waals surface area contributed by atoms with Gasteiger partial charge < -0.3 is 4.55 Å². The molecule has 1 unspecified atom stereocenters. The highest BCUT2D eigenvalue weighted by atomic mass is 32.2. The summed E-state index contributed by atoms with van der Waals surface area (Å²) in [4.78, 5) is 2.83. The maximum atomic E-state index is 10.4. The summed E-state index contributed by atoms with van der Waals surface area (Å²) in [6.45, 7) is 3.59. The molecule has 1 aromatic heterocycles. The average Bonchev–Trinajstić information content (AvgIpc) is 2.56. The van der Waals surface area contributed by atoms with Crippen LogP contribution in [0, 0.1) is 0 Å². The molecule has 78 valence electrons.